The van der Waals surface area contributed by atoms with E-state index in [1.807, 2.05) is 52.9 Å². The topological polar surface area (TPSA) is 99.9 Å². The SMILES string of the molecule is Cn1ccnc1N1CC(N2c3ccccc3CCc3ccccc32)[C@@H](O)[C@H](NS(=O)(=O)c2ccc(OC(F)(F)F)cc2)C1. The summed E-state index contributed by atoms with van der Waals surface area (Å²) in [5.41, 5.74) is 4.08. The van der Waals surface area contributed by atoms with Gasteiger partial charge in [0, 0.05) is 43.9 Å². The molecule has 3 heterocycles. The number of alkyl halides is 3. The zero-order valence-electron chi connectivity index (χ0n) is 23.1. The van der Waals surface area contributed by atoms with Gasteiger partial charge in [0.05, 0.1) is 23.1 Å². The Hall–Kier alpha value is -4.07. The monoisotopic (exact) mass is 613 g/mol. The molecule has 0 radical (unpaired) electrons. The number of hydrogen-bond acceptors (Lipinski definition) is 7. The van der Waals surface area contributed by atoms with E-state index in [2.05, 4.69) is 31.5 Å². The number of fused-ring (bicyclic) bond motifs is 2. The molecule has 2 aliphatic heterocycles. The second kappa shape index (κ2) is 11.2. The summed E-state index contributed by atoms with van der Waals surface area (Å²) < 4.78 is 73.2. The minimum atomic E-state index is -4.90. The summed E-state index contributed by atoms with van der Waals surface area (Å²) in [6.07, 6.45) is -1.03. The molecule has 1 unspecified atom stereocenters. The first-order valence-corrected chi connectivity index (χ1v) is 15.2. The van der Waals surface area contributed by atoms with Crippen molar-refractivity contribution in [2.45, 2.75) is 42.3 Å². The summed E-state index contributed by atoms with van der Waals surface area (Å²) in [5, 5.41) is 11.9. The van der Waals surface area contributed by atoms with E-state index in [1.54, 1.807) is 12.4 Å². The highest BCUT2D eigenvalue weighted by Crippen LogP contribution is 2.40. The maximum absolute atomic E-state index is 13.5. The lowest BCUT2D eigenvalue weighted by atomic mass is 9.94. The van der Waals surface area contributed by atoms with Crippen LogP contribution in [0.2, 0.25) is 0 Å². The first-order chi connectivity index (χ1) is 20.5. The van der Waals surface area contributed by atoms with Crippen LogP contribution in [-0.4, -0.2) is 60.7 Å². The number of sulfonamides is 1. The molecule has 3 aromatic carbocycles. The minimum absolute atomic E-state index is 0.105. The van der Waals surface area contributed by atoms with Crippen molar-refractivity contribution >= 4 is 27.3 Å². The van der Waals surface area contributed by atoms with E-state index in [0.717, 1.165) is 59.6 Å². The van der Waals surface area contributed by atoms with Crippen molar-refractivity contribution in [1.82, 2.24) is 14.3 Å². The number of nitrogens with zero attached hydrogens (tertiary/aromatic N) is 4. The van der Waals surface area contributed by atoms with E-state index < -0.39 is 40.3 Å². The molecule has 0 bridgehead atoms. The first-order valence-electron chi connectivity index (χ1n) is 13.7. The maximum atomic E-state index is 13.5. The smallest absolute Gasteiger partial charge is 0.406 e. The fraction of sp³-hybridized carbons (Fsp3) is 0.300. The summed E-state index contributed by atoms with van der Waals surface area (Å²) in [5.74, 6) is 0.0646. The molecule has 6 rings (SSSR count). The van der Waals surface area contributed by atoms with Crippen molar-refractivity contribution in [3.8, 4) is 5.75 Å². The third kappa shape index (κ3) is 5.92. The van der Waals surface area contributed by atoms with Gasteiger partial charge in [-0.2, -0.15) is 0 Å². The average molecular weight is 614 g/mol. The van der Waals surface area contributed by atoms with Crippen LogP contribution in [0.3, 0.4) is 0 Å². The Morgan fingerprint density at radius 3 is 2.09 bits per heavy atom. The van der Waals surface area contributed by atoms with Gasteiger partial charge in [-0.05, 0) is 60.4 Å². The molecule has 1 saturated heterocycles. The van der Waals surface area contributed by atoms with Gasteiger partial charge in [-0.15, -0.1) is 13.2 Å². The third-order valence-electron chi connectivity index (χ3n) is 7.88. The van der Waals surface area contributed by atoms with Crippen molar-refractivity contribution in [3.05, 3.63) is 96.3 Å². The van der Waals surface area contributed by atoms with E-state index >= 15 is 0 Å². The number of rotatable bonds is 6. The van der Waals surface area contributed by atoms with Crippen molar-refractivity contribution < 1.29 is 31.4 Å². The predicted molar refractivity (Wildman–Crippen MR) is 155 cm³/mol. The van der Waals surface area contributed by atoms with Gasteiger partial charge in [-0.1, -0.05) is 36.4 Å². The van der Waals surface area contributed by atoms with Crippen molar-refractivity contribution in [3.63, 3.8) is 0 Å². The molecule has 43 heavy (non-hydrogen) atoms. The Morgan fingerprint density at radius 2 is 1.53 bits per heavy atom. The number of aryl methyl sites for hydroxylation is 3. The largest absolute Gasteiger partial charge is 0.573 e. The van der Waals surface area contributed by atoms with Crippen LogP contribution in [0, 0.1) is 0 Å². The Morgan fingerprint density at radius 1 is 0.930 bits per heavy atom. The molecule has 9 nitrogen and oxygen atoms in total. The first kappa shape index (κ1) is 29.0. The molecule has 3 atom stereocenters. The van der Waals surface area contributed by atoms with E-state index in [9.17, 15) is 26.7 Å². The number of halogens is 3. The zero-order chi connectivity index (χ0) is 30.4. The van der Waals surface area contributed by atoms with E-state index in [-0.39, 0.29) is 11.4 Å². The molecule has 13 heteroatoms. The lowest BCUT2D eigenvalue weighted by Crippen LogP contribution is -2.65. The summed E-state index contributed by atoms with van der Waals surface area (Å²) in [4.78, 5) is 8.26. The number of anilines is 3. The summed E-state index contributed by atoms with van der Waals surface area (Å²) in [7, 11) is -2.42. The molecule has 1 fully saturated rings. The van der Waals surface area contributed by atoms with Gasteiger partial charge in [-0.3, -0.25) is 0 Å². The highest BCUT2D eigenvalue weighted by molar-refractivity contribution is 7.89. The van der Waals surface area contributed by atoms with Gasteiger partial charge < -0.3 is 24.2 Å². The molecule has 0 amide bonds. The Kier molecular flexibility index (Phi) is 7.57. The lowest BCUT2D eigenvalue weighted by Gasteiger charge is -2.47. The van der Waals surface area contributed by atoms with E-state index in [4.69, 9.17) is 0 Å². The lowest BCUT2D eigenvalue weighted by molar-refractivity contribution is -0.274. The fourth-order valence-corrected chi connectivity index (χ4v) is 7.19. The Labute approximate surface area is 247 Å². The summed E-state index contributed by atoms with van der Waals surface area (Å²) >= 11 is 0. The molecule has 0 saturated carbocycles. The number of aliphatic hydroxyl groups is 1. The number of nitrogens with one attached hydrogen (secondary N) is 1. The molecule has 2 N–H and O–H groups in total. The molecular formula is C30H30F3N5O4S. The number of hydrogen-bond donors (Lipinski definition) is 2. The fourth-order valence-electron chi connectivity index (χ4n) is 5.95. The second-order valence-corrected chi connectivity index (χ2v) is 12.4. The van der Waals surface area contributed by atoms with E-state index in [0.29, 0.717) is 12.5 Å². The molecule has 2 aliphatic rings. The number of aliphatic hydroxyl groups excluding tert-OH is 1. The Balaban J connectivity index is 1.38. The van der Waals surface area contributed by atoms with Gasteiger partial charge in [0.25, 0.3) is 0 Å². The highest BCUT2D eigenvalue weighted by Gasteiger charge is 2.43. The molecule has 0 aliphatic carbocycles. The predicted octanol–water partition coefficient (Wildman–Crippen LogP) is 4.15. The van der Waals surface area contributed by atoms with Crippen LogP contribution in [0.25, 0.3) is 0 Å². The number of para-hydroxylation sites is 2. The Bertz CT molecular complexity index is 1660. The van der Waals surface area contributed by atoms with Crippen LogP contribution in [0.1, 0.15) is 11.1 Å². The van der Waals surface area contributed by atoms with E-state index in [1.165, 1.54) is 0 Å². The molecule has 1 aromatic heterocycles. The molecule has 0 spiro atoms. The minimum Gasteiger partial charge on any atom is -0.406 e. The van der Waals surface area contributed by atoms with Gasteiger partial charge in [-0.25, -0.2) is 18.1 Å². The zero-order valence-corrected chi connectivity index (χ0v) is 24.0. The maximum Gasteiger partial charge on any atom is 0.573 e. The van der Waals surface area contributed by atoms with Crippen LogP contribution in [0.4, 0.5) is 30.5 Å². The van der Waals surface area contributed by atoms with Crippen molar-refractivity contribution in [1.29, 1.82) is 0 Å². The second-order valence-electron chi connectivity index (χ2n) is 10.7. The normalized spacial score (nSPS) is 20.7. The summed E-state index contributed by atoms with van der Waals surface area (Å²) in [6, 6.07) is 18.3. The number of benzene rings is 3. The van der Waals surface area contributed by atoms with Gasteiger partial charge >= 0.3 is 6.36 Å². The summed E-state index contributed by atoms with van der Waals surface area (Å²) in [6.45, 7) is 0.449. The number of ether oxygens (including phenoxy) is 1. The quantitative estimate of drug-likeness (QED) is 0.337. The number of piperidine rings is 1. The number of imidazole rings is 1. The van der Waals surface area contributed by atoms with Crippen LogP contribution in [0.15, 0.2) is 90.1 Å². The van der Waals surface area contributed by atoms with Crippen molar-refractivity contribution in [2.24, 2.45) is 7.05 Å². The van der Waals surface area contributed by atoms with Gasteiger partial charge in [0.2, 0.25) is 16.0 Å². The van der Waals surface area contributed by atoms with Crippen molar-refractivity contribution in [2.75, 3.05) is 22.9 Å². The number of aromatic nitrogens is 2. The van der Waals surface area contributed by atoms with Gasteiger partial charge in [0.1, 0.15) is 5.75 Å². The van der Waals surface area contributed by atoms with Gasteiger partial charge in [0.15, 0.2) is 0 Å². The van der Waals surface area contributed by atoms with Crippen LogP contribution in [0.5, 0.6) is 5.75 Å². The third-order valence-corrected chi connectivity index (χ3v) is 9.39. The molecular weight excluding hydrogens is 583 g/mol. The standard InChI is InChI=1S/C30H30F3N5O4S/c1-36-17-16-34-29(36)37-18-24(35-43(40,41)23-14-12-22(13-15-23)42-30(31,32)33)28(39)27(19-37)38-25-8-4-2-6-20(25)10-11-21-7-3-5-9-26(21)38/h2-9,12-17,24,27-28,35,39H,10-11,18-19H2,1H3/t24-,27?,28+/m1/s1. The van der Waals surface area contributed by atoms with Crippen LogP contribution in [-0.2, 0) is 29.9 Å². The molecule has 226 valence electrons. The molecule has 4 aromatic rings. The van der Waals surface area contributed by atoms with Crippen LogP contribution < -0.4 is 19.3 Å². The highest BCUT2D eigenvalue weighted by atomic mass is 32.2. The average Bonchev–Trinajstić information content (AvgIpc) is 3.32. The van der Waals surface area contributed by atoms with Crippen LogP contribution >= 0.6 is 0 Å².